The van der Waals surface area contributed by atoms with Crippen LogP contribution in [0.15, 0.2) is 60.7 Å². The molecule has 0 spiro atoms. The molecule has 0 bridgehead atoms. The number of fused-ring (bicyclic) bond motifs is 3. The Labute approximate surface area is 171 Å². The van der Waals surface area contributed by atoms with Crippen molar-refractivity contribution in [2.45, 2.75) is 37.0 Å². The average Bonchev–Trinajstić information content (AvgIpc) is 3.22. The van der Waals surface area contributed by atoms with Gasteiger partial charge >= 0.3 is 0 Å². The molecule has 0 radical (unpaired) electrons. The maximum absolute atomic E-state index is 6.30. The lowest BCUT2D eigenvalue weighted by molar-refractivity contribution is -0.335. The van der Waals surface area contributed by atoms with Crippen LogP contribution < -0.4 is 4.74 Å². The molecule has 2 aromatic carbocycles. The first kappa shape index (κ1) is 19.4. The van der Waals surface area contributed by atoms with E-state index >= 15 is 0 Å². The molecule has 7 atom stereocenters. The van der Waals surface area contributed by atoms with Gasteiger partial charge in [0.2, 0.25) is 6.29 Å². The number of benzene rings is 2. The number of hydrogen-bond donors (Lipinski definition) is 0. The van der Waals surface area contributed by atoms with E-state index < -0.39 is 21.1 Å². The summed E-state index contributed by atoms with van der Waals surface area (Å²) in [6.45, 7) is 0.394. The van der Waals surface area contributed by atoms with Gasteiger partial charge in [0.1, 0.15) is 24.1 Å². The van der Waals surface area contributed by atoms with Gasteiger partial charge in [-0.25, -0.2) is 4.67 Å². The van der Waals surface area contributed by atoms with Crippen molar-refractivity contribution in [2.75, 3.05) is 20.7 Å². The second kappa shape index (κ2) is 8.28. The monoisotopic (exact) mass is 417 g/mol. The van der Waals surface area contributed by atoms with E-state index in [-0.39, 0.29) is 24.4 Å². The highest BCUT2D eigenvalue weighted by Gasteiger charge is 2.57. The average molecular weight is 417 g/mol. The minimum atomic E-state index is -1.20. The Morgan fingerprint density at radius 1 is 0.862 bits per heavy atom. The minimum Gasteiger partial charge on any atom is -0.462 e. The molecule has 3 saturated heterocycles. The predicted molar refractivity (Wildman–Crippen MR) is 106 cm³/mol. The molecule has 8 heteroatoms. The van der Waals surface area contributed by atoms with Crippen LogP contribution in [0.4, 0.5) is 0 Å². The topological polar surface area (TPSA) is 58.6 Å². The van der Waals surface area contributed by atoms with Gasteiger partial charge in [0.25, 0.3) is 8.53 Å². The second-order valence-corrected chi connectivity index (χ2v) is 9.07. The Balaban J connectivity index is 1.38. The first-order chi connectivity index (χ1) is 14.2. The van der Waals surface area contributed by atoms with Gasteiger partial charge in [-0.1, -0.05) is 48.5 Å². The Hall–Kier alpha value is -1.57. The molecule has 5 rings (SSSR count). The summed E-state index contributed by atoms with van der Waals surface area (Å²) in [6, 6.07) is 19.5. The van der Waals surface area contributed by atoms with Crippen LogP contribution in [0.5, 0.6) is 5.75 Å². The zero-order chi connectivity index (χ0) is 19.8. The van der Waals surface area contributed by atoms with Crippen LogP contribution >= 0.6 is 8.53 Å². The molecule has 2 aromatic rings. The van der Waals surface area contributed by atoms with E-state index in [0.717, 1.165) is 11.3 Å². The first-order valence-corrected chi connectivity index (χ1v) is 10.8. The largest absolute Gasteiger partial charge is 0.462 e. The summed E-state index contributed by atoms with van der Waals surface area (Å²) in [5.41, 5.74) is 0.971. The molecule has 7 unspecified atom stereocenters. The van der Waals surface area contributed by atoms with Gasteiger partial charge in [0, 0.05) is 5.56 Å². The molecule has 0 amide bonds. The summed E-state index contributed by atoms with van der Waals surface area (Å²) in [5.74, 6) is 0.721. The van der Waals surface area contributed by atoms with Crippen molar-refractivity contribution in [3.8, 4) is 5.75 Å². The van der Waals surface area contributed by atoms with E-state index in [2.05, 4.69) is 0 Å². The van der Waals surface area contributed by atoms with Crippen LogP contribution in [0.1, 0.15) is 11.9 Å². The lowest BCUT2D eigenvalue weighted by atomic mass is 9.98. The highest BCUT2D eigenvalue weighted by molar-refractivity contribution is 7.44. The van der Waals surface area contributed by atoms with E-state index in [1.165, 1.54) is 0 Å². The molecule has 3 aliphatic rings. The number of hydrogen-bond acceptors (Lipinski definition) is 7. The number of ether oxygens (including phenoxy) is 4. The van der Waals surface area contributed by atoms with Gasteiger partial charge in [-0.15, -0.1) is 0 Å². The third kappa shape index (κ3) is 3.92. The predicted octanol–water partition coefficient (Wildman–Crippen LogP) is 3.48. The summed E-state index contributed by atoms with van der Waals surface area (Å²) < 4.78 is 39.0. The fourth-order valence-corrected chi connectivity index (χ4v) is 5.01. The van der Waals surface area contributed by atoms with Crippen molar-refractivity contribution < 1.29 is 28.0 Å². The molecule has 0 saturated carbocycles. The molecule has 3 aliphatic heterocycles. The minimum absolute atomic E-state index is 0.300. The van der Waals surface area contributed by atoms with Crippen molar-refractivity contribution in [1.29, 1.82) is 0 Å². The molecule has 7 nitrogen and oxygen atoms in total. The summed E-state index contributed by atoms with van der Waals surface area (Å²) >= 11 is 0. The molecule has 0 aliphatic carbocycles. The Kier molecular flexibility index (Phi) is 5.54. The maximum Gasteiger partial charge on any atom is 0.259 e. The van der Waals surface area contributed by atoms with Crippen LogP contribution in [0, 0.1) is 0 Å². The van der Waals surface area contributed by atoms with Gasteiger partial charge in [-0.2, -0.15) is 0 Å². The molecular formula is C21H24NO6P. The molecule has 3 heterocycles. The molecule has 0 N–H and O–H groups in total. The third-order valence-corrected chi connectivity index (χ3v) is 6.60. The Morgan fingerprint density at radius 2 is 1.55 bits per heavy atom. The quantitative estimate of drug-likeness (QED) is 0.706. The van der Waals surface area contributed by atoms with Crippen molar-refractivity contribution in [3.05, 3.63) is 66.2 Å². The molecular weight excluding hydrogens is 393 g/mol. The highest BCUT2D eigenvalue weighted by atomic mass is 31.2. The molecule has 0 aromatic heterocycles. The first-order valence-electron chi connectivity index (χ1n) is 9.69. The Morgan fingerprint density at radius 3 is 2.28 bits per heavy atom. The zero-order valence-corrected chi connectivity index (χ0v) is 17.2. The SMILES string of the molecule is CN(C)P1OC2C(Oc3ccccc3)OC3COC(c4ccccc4)OC3C2O1. The van der Waals surface area contributed by atoms with E-state index in [4.69, 9.17) is 28.0 Å². The summed E-state index contributed by atoms with van der Waals surface area (Å²) in [7, 11) is 2.67. The van der Waals surface area contributed by atoms with Gasteiger partial charge < -0.3 is 28.0 Å². The molecule has 29 heavy (non-hydrogen) atoms. The number of nitrogens with zero attached hydrogens (tertiary/aromatic N) is 1. The van der Waals surface area contributed by atoms with Gasteiger partial charge in [-0.05, 0) is 26.2 Å². The van der Waals surface area contributed by atoms with Crippen LogP contribution in [0.2, 0.25) is 0 Å². The van der Waals surface area contributed by atoms with E-state index in [0.29, 0.717) is 6.61 Å². The van der Waals surface area contributed by atoms with Crippen LogP contribution in [-0.2, 0) is 23.3 Å². The fourth-order valence-electron chi connectivity index (χ4n) is 3.71. The zero-order valence-electron chi connectivity index (χ0n) is 16.3. The number of rotatable bonds is 4. The van der Waals surface area contributed by atoms with Gasteiger partial charge in [-0.3, -0.25) is 0 Å². The van der Waals surface area contributed by atoms with Crippen molar-refractivity contribution >= 4 is 8.53 Å². The summed E-state index contributed by atoms with van der Waals surface area (Å²) in [4.78, 5) is 0. The maximum atomic E-state index is 6.30. The van der Waals surface area contributed by atoms with Crippen molar-refractivity contribution in [2.24, 2.45) is 0 Å². The standard InChI is InChI=1S/C21H24NO6P/c1-22(2)29-27-18-17-16(13-23-20(26-17)14-9-5-3-6-10-14)25-21(19(18)28-29)24-15-11-7-4-8-12-15/h3-12,16-21H,13H2,1-2H3. The van der Waals surface area contributed by atoms with Crippen LogP contribution in [0.3, 0.4) is 0 Å². The van der Waals surface area contributed by atoms with Gasteiger partial charge in [0.05, 0.1) is 6.61 Å². The third-order valence-electron chi connectivity index (χ3n) is 5.10. The fraction of sp³-hybridized carbons (Fsp3) is 0.429. The number of para-hydroxylation sites is 1. The summed E-state index contributed by atoms with van der Waals surface area (Å²) in [6.07, 6.45) is -2.35. The van der Waals surface area contributed by atoms with Crippen LogP contribution in [-0.4, -0.2) is 56.1 Å². The van der Waals surface area contributed by atoms with Gasteiger partial charge in [0.15, 0.2) is 12.4 Å². The summed E-state index contributed by atoms with van der Waals surface area (Å²) in [5, 5.41) is 0. The highest BCUT2D eigenvalue weighted by Crippen LogP contribution is 2.54. The lowest BCUT2D eigenvalue weighted by Gasteiger charge is -2.45. The smallest absolute Gasteiger partial charge is 0.259 e. The van der Waals surface area contributed by atoms with Crippen molar-refractivity contribution in [3.63, 3.8) is 0 Å². The molecule has 154 valence electrons. The Bertz CT molecular complexity index is 809. The lowest BCUT2D eigenvalue weighted by Crippen LogP contribution is -2.61. The molecule has 3 fully saturated rings. The van der Waals surface area contributed by atoms with Crippen molar-refractivity contribution in [1.82, 2.24) is 4.67 Å². The van der Waals surface area contributed by atoms with E-state index in [1.807, 2.05) is 79.4 Å². The second-order valence-electron chi connectivity index (χ2n) is 7.38. The van der Waals surface area contributed by atoms with E-state index in [1.54, 1.807) is 0 Å². The van der Waals surface area contributed by atoms with E-state index in [9.17, 15) is 0 Å². The normalized spacial score (nSPS) is 36.4. The van der Waals surface area contributed by atoms with Crippen LogP contribution in [0.25, 0.3) is 0 Å².